The fourth-order valence-electron chi connectivity index (χ4n) is 1.73. The molecule has 2 aromatic rings. The summed E-state index contributed by atoms with van der Waals surface area (Å²) in [6.07, 6.45) is 0. The average Bonchev–Trinajstić information content (AvgIpc) is 2.79. The first-order chi connectivity index (χ1) is 8.56. The fourth-order valence-corrected chi connectivity index (χ4v) is 2.49. The van der Waals surface area contributed by atoms with Gasteiger partial charge >= 0.3 is 0 Å². The highest BCUT2D eigenvalue weighted by Gasteiger charge is 2.13. The Morgan fingerprint density at radius 3 is 2.50 bits per heavy atom. The second-order valence-electron chi connectivity index (χ2n) is 4.13. The van der Waals surface area contributed by atoms with Crippen LogP contribution in [0.3, 0.4) is 0 Å². The van der Waals surface area contributed by atoms with Crippen LogP contribution in [0, 0.1) is 0 Å². The smallest absolute Gasteiger partial charge is 0.254 e. The molecule has 0 unspecified atom stereocenters. The van der Waals surface area contributed by atoms with Gasteiger partial charge in [0.15, 0.2) is 0 Å². The number of benzene rings is 1. The Kier molecular flexibility index (Phi) is 3.53. The van der Waals surface area contributed by atoms with E-state index in [0.717, 1.165) is 4.88 Å². The number of hydrogen-bond acceptors (Lipinski definition) is 4. The van der Waals surface area contributed by atoms with E-state index in [1.807, 2.05) is 17.5 Å². The largest absolute Gasteiger partial charge is 0.399 e. The molecule has 4 N–H and O–H groups in total. The van der Waals surface area contributed by atoms with Crippen LogP contribution in [0.2, 0.25) is 0 Å². The Balaban J connectivity index is 2.15. The maximum absolute atomic E-state index is 12.2. The van der Waals surface area contributed by atoms with Crippen molar-refractivity contribution in [3.63, 3.8) is 0 Å². The maximum Gasteiger partial charge on any atom is 0.254 e. The van der Waals surface area contributed by atoms with Gasteiger partial charge in [-0.1, -0.05) is 6.07 Å². The summed E-state index contributed by atoms with van der Waals surface area (Å²) in [4.78, 5) is 15.0. The van der Waals surface area contributed by atoms with Crippen LogP contribution in [0.1, 0.15) is 15.2 Å². The summed E-state index contributed by atoms with van der Waals surface area (Å²) in [6.45, 7) is 0.588. The zero-order chi connectivity index (χ0) is 13.1. The molecule has 1 heterocycles. The van der Waals surface area contributed by atoms with Crippen molar-refractivity contribution in [2.75, 3.05) is 18.5 Å². The lowest BCUT2D eigenvalue weighted by Crippen LogP contribution is -2.26. The predicted octanol–water partition coefficient (Wildman–Crippen LogP) is 2.18. The van der Waals surface area contributed by atoms with Crippen LogP contribution in [-0.2, 0) is 6.54 Å². The first kappa shape index (κ1) is 12.4. The molecule has 0 radical (unpaired) electrons. The van der Waals surface area contributed by atoms with Crippen molar-refractivity contribution in [2.45, 2.75) is 6.54 Å². The number of carbonyl (C=O) groups excluding carboxylic acids is 1. The van der Waals surface area contributed by atoms with Crippen molar-refractivity contribution in [3.05, 3.63) is 46.2 Å². The lowest BCUT2D eigenvalue weighted by atomic mass is 10.1. The molecule has 4 nitrogen and oxygen atoms in total. The zero-order valence-corrected chi connectivity index (χ0v) is 10.9. The Bertz CT molecular complexity index is 531. The number of nitrogen functional groups attached to an aromatic ring is 2. The molecule has 1 aromatic heterocycles. The van der Waals surface area contributed by atoms with Crippen LogP contribution in [0.4, 0.5) is 11.4 Å². The molecule has 2 rings (SSSR count). The van der Waals surface area contributed by atoms with Crippen molar-refractivity contribution in [2.24, 2.45) is 0 Å². The molecule has 0 saturated heterocycles. The Morgan fingerprint density at radius 1 is 1.28 bits per heavy atom. The molecule has 0 saturated carbocycles. The van der Waals surface area contributed by atoms with E-state index in [4.69, 9.17) is 11.5 Å². The number of nitrogens with two attached hydrogens (primary N) is 2. The van der Waals surface area contributed by atoms with Crippen LogP contribution in [0.15, 0.2) is 35.7 Å². The predicted molar refractivity (Wildman–Crippen MR) is 75.4 cm³/mol. The van der Waals surface area contributed by atoms with Crippen LogP contribution in [-0.4, -0.2) is 17.9 Å². The normalized spacial score (nSPS) is 10.3. The molecule has 1 amide bonds. The van der Waals surface area contributed by atoms with Gasteiger partial charge in [-0.15, -0.1) is 11.3 Å². The highest BCUT2D eigenvalue weighted by Crippen LogP contribution is 2.17. The quantitative estimate of drug-likeness (QED) is 0.832. The van der Waals surface area contributed by atoms with Gasteiger partial charge in [0.25, 0.3) is 5.91 Å². The molecule has 1 aromatic carbocycles. The van der Waals surface area contributed by atoms with E-state index in [9.17, 15) is 4.79 Å². The molecule has 0 aliphatic heterocycles. The third kappa shape index (κ3) is 2.81. The summed E-state index contributed by atoms with van der Waals surface area (Å²) in [7, 11) is 1.77. The molecule has 0 spiro atoms. The number of amides is 1. The van der Waals surface area contributed by atoms with Gasteiger partial charge in [0, 0.05) is 28.9 Å². The van der Waals surface area contributed by atoms with Crippen molar-refractivity contribution in [1.29, 1.82) is 0 Å². The van der Waals surface area contributed by atoms with Crippen LogP contribution >= 0.6 is 11.3 Å². The number of anilines is 2. The van der Waals surface area contributed by atoms with Gasteiger partial charge in [-0.2, -0.15) is 0 Å². The summed E-state index contributed by atoms with van der Waals surface area (Å²) in [5.41, 5.74) is 12.9. The van der Waals surface area contributed by atoms with Crippen molar-refractivity contribution in [1.82, 2.24) is 4.90 Å². The van der Waals surface area contributed by atoms with Crippen molar-refractivity contribution in [3.8, 4) is 0 Å². The maximum atomic E-state index is 12.2. The van der Waals surface area contributed by atoms with Crippen molar-refractivity contribution < 1.29 is 4.79 Å². The summed E-state index contributed by atoms with van der Waals surface area (Å²) in [5.74, 6) is -0.0811. The van der Waals surface area contributed by atoms with Gasteiger partial charge in [0.05, 0.1) is 6.54 Å². The van der Waals surface area contributed by atoms with E-state index < -0.39 is 0 Å². The van der Waals surface area contributed by atoms with Gasteiger partial charge in [-0.05, 0) is 29.6 Å². The zero-order valence-electron chi connectivity index (χ0n) is 10.1. The van der Waals surface area contributed by atoms with Crippen LogP contribution in [0.25, 0.3) is 0 Å². The molecule has 18 heavy (non-hydrogen) atoms. The summed E-state index contributed by atoms with van der Waals surface area (Å²) < 4.78 is 0. The van der Waals surface area contributed by atoms with Crippen molar-refractivity contribution >= 4 is 28.6 Å². The van der Waals surface area contributed by atoms with Crippen LogP contribution < -0.4 is 11.5 Å². The molecule has 94 valence electrons. The lowest BCUT2D eigenvalue weighted by molar-refractivity contribution is 0.0786. The first-order valence-electron chi connectivity index (χ1n) is 5.50. The van der Waals surface area contributed by atoms with E-state index >= 15 is 0 Å². The third-order valence-electron chi connectivity index (χ3n) is 2.54. The van der Waals surface area contributed by atoms with Gasteiger partial charge < -0.3 is 16.4 Å². The molecular formula is C13H15N3OS. The second-order valence-corrected chi connectivity index (χ2v) is 5.16. The minimum atomic E-state index is -0.0811. The fraction of sp³-hybridized carbons (Fsp3) is 0.154. The topological polar surface area (TPSA) is 72.3 Å². The molecule has 0 fully saturated rings. The van der Waals surface area contributed by atoms with E-state index in [1.165, 1.54) is 0 Å². The summed E-state index contributed by atoms with van der Waals surface area (Å²) in [5, 5.41) is 1.99. The monoisotopic (exact) mass is 261 g/mol. The molecule has 0 bridgehead atoms. The second kappa shape index (κ2) is 5.10. The van der Waals surface area contributed by atoms with Crippen LogP contribution in [0.5, 0.6) is 0 Å². The molecule has 0 aliphatic carbocycles. The minimum Gasteiger partial charge on any atom is -0.399 e. The summed E-state index contributed by atoms with van der Waals surface area (Å²) >= 11 is 1.63. The standard InChI is InChI=1S/C13H15N3OS/c1-16(8-12-3-2-4-18-12)13(17)9-5-10(14)7-11(15)6-9/h2-7H,8,14-15H2,1H3. The SMILES string of the molecule is CN(Cc1cccs1)C(=O)c1cc(N)cc(N)c1. The van der Waals surface area contributed by atoms with Gasteiger partial charge in [0.1, 0.15) is 0 Å². The average molecular weight is 261 g/mol. The van der Waals surface area contributed by atoms with E-state index in [0.29, 0.717) is 23.5 Å². The summed E-state index contributed by atoms with van der Waals surface area (Å²) in [6, 6.07) is 8.89. The lowest BCUT2D eigenvalue weighted by Gasteiger charge is -2.16. The Hall–Kier alpha value is -2.01. The van der Waals surface area contributed by atoms with E-state index in [-0.39, 0.29) is 5.91 Å². The number of hydrogen-bond donors (Lipinski definition) is 2. The molecular weight excluding hydrogens is 246 g/mol. The van der Waals surface area contributed by atoms with Gasteiger partial charge in [0.2, 0.25) is 0 Å². The minimum absolute atomic E-state index is 0.0811. The van der Waals surface area contributed by atoms with Gasteiger partial charge in [-0.25, -0.2) is 0 Å². The Labute approximate surface area is 110 Å². The number of thiophene rings is 1. The molecule has 5 heteroatoms. The van der Waals surface area contributed by atoms with E-state index in [2.05, 4.69) is 0 Å². The van der Waals surface area contributed by atoms with Gasteiger partial charge in [-0.3, -0.25) is 4.79 Å². The first-order valence-corrected chi connectivity index (χ1v) is 6.38. The third-order valence-corrected chi connectivity index (χ3v) is 3.41. The highest BCUT2D eigenvalue weighted by atomic mass is 32.1. The van der Waals surface area contributed by atoms with E-state index in [1.54, 1.807) is 41.5 Å². The Morgan fingerprint density at radius 2 is 1.94 bits per heavy atom. The molecule has 0 aliphatic rings. The highest BCUT2D eigenvalue weighted by molar-refractivity contribution is 7.09. The number of rotatable bonds is 3. The molecule has 0 atom stereocenters. The number of carbonyl (C=O) groups is 1. The number of nitrogens with zero attached hydrogens (tertiary/aromatic N) is 1.